The van der Waals surface area contributed by atoms with E-state index in [1.165, 1.54) is 23.6 Å². The molecular weight excluding hydrogens is 378 g/mol. The fourth-order valence-corrected chi connectivity index (χ4v) is 5.18. The predicted octanol–water partition coefficient (Wildman–Crippen LogP) is 4.43. The van der Waals surface area contributed by atoms with Gasteiger partial charge in [-0.25, -0.2) is 0 Å². The number of hydrogen-bond acceptors (Lipinski definition) is 5. The van der Waals surface area contributed by atoms with Crippen LogP contribution in [-0.4, -0.2) is 17.6 Å². The molecule has 0 spiro atoms. The van der Waals surface area contributed by atoms with Gasteiger partial charge in [0.2, 0.25) is 11.8 Å². The number of anilines is 2. The van der Waals surface area contributed by atoms with Crippen LogP contribution in [0.5, 0.6) is 0 Å². The topological polar surface area (TPSA) is 82.0 Å². The molecular formula is C20H21N3O2S2. The Hall–Kier alpha value is -2.30. The van der Waals surface area contributed by atoms with Crippen molar-refractivity contribution < 1.29 is 9.59 Å². The van der Waals surface area contributed by atoms with Gasteiger partial charge in [0.15, 0.2) is 0 Å². The van der Waals surface area contributed by atoms with E-state index in [0.29, 0.717) is 16.5 Å². The summed E-state index contributed by atoms with van der Waals surface area (Å²) in [5, 5.41) is 15.8. The minimum atomic E-state index is -0.117. The minimum Gasteiger partial charge on any atom is -0.326 e. The molecule has 0 saturated heterocycles. The summed E-state index contributed by atoms with van der Waals surface area (Å²) in [7, 11) is 0. The van der Waals surface area contributed by atoms with Gasteiger partial charge in [-0.05, 0) is 55.0 Å². The predicted molar refractivity (Wildman–Crippen MR) is 110 cm³/mol. The molecule has 2 amide bonds. The molecule has 0 unspecified atom stereocenters. The highest BCUT2D eigenvalue weighted by Crippen LogP contribution is 2.39. The molecule has 3 rings (SSSR count). The molecule has 1 atom stereocenters. The fraction of sp³-hybridized carbons (Fsp3) is 0.350. The number of thiophene rings is 1. The SMILES string of the molecule is CC(=O)Nc1ccc(SCC(=O)Nc2sc3c(c2C#N)CC[C@@H](C)C3)cc1. The first-order valence-corrected chi connectivity index (χ1v) is 10.6. The summed E-state index contributed by atoms with van der Waals surface area (Å²) >= 11 is 2.97. The molecule has 1 aromatic heterocycles. The Balaban J connectivity index is 1.60. The van der Waals surface area contributed by atoms with Gasteiger partial charge in [-0.1, -0.05) is 6.92 Å². The third kappa shape index (κ3) is 4.90. The molecule has 0 aliphatic heterocycles. The van der Waals surface area contributed by atoms with Crippen LogP contribution < -0.4 is 10.6 Å². The Morgan fingerprint density at radius 2 is 2.04 bits per heavy atom. The van der Waals surface area contributed by atoms with Gasteiger partial charge in [-0.2, -0.15) is 5.26 Å². The average Bonchev–Trinajstić information content (AvgIpc) is 2.96. The van der Waals surface area contributed by atoms with Gasteiger partial charge in [0, 0.05) is 22.4 Å². The van der Waals surface area contributed by atoms with Crippen LogP contribution in [0.4, 0.5) is 10.7 Å². The Bertz CT molecular complexity index is 897. The lowest BCUT2D eigenvalue weighted by atomic mass is 9.89. The average molecular weight is 400 g/mol. The van der Waals surface area contributed by atoms with E-state index in [1.54, 1.807) is 11.3 Å². The zero-order valence-corrected chi connectivity index (χ0v) is 16.9. The summed E-state index contributed by atoms with van der Waals surface area (Å²) < 4.78 is 0. The van der Waals surface area contributed by atoms with Crippen LogP contribution in [0.2, 0.25) is 0 Å². The molecule has 1 aliphatic rings. The largest absolute Gasteiger partial charge is 0.326 e. The number of thioether (sulfide) groups is 1. The summed E-state index contributed by atoms with van der Waals surface area (Å²) in [5.41, 5.74) is 2.49. The van der Waals surface area contributed by atoms with Crippen molar-refractivity contribution in [2.75, 3.05) is 16.4 Å². The zero-order chi connectivity index (χ0) is 19.4. The molecule has 27 heavy (non-hydrogen) atoms. The number of carbonyl (C=O) groups excluding carboxylic acids is 2. The van der Waals surface area contributed by atoms with Gasteiger partial charge in [0.1, 0.15) is 11.1 Å². The second-order valence-corrected chi connectivity index (χ2v) is 8.86. The van der Waals surface area contributed by atoms with Gasteiger partial charge in [0.05, 0.1) is 11.3 Å². The van der Waals surface area contributed by atoms with Crippen molar-refractivity contribution in [1.29, 1.82) is 5.26 Å². The van der Waals surface area contributed by atoms with Crippen molar-refractivity contribution in [3.8, 4) is 6.07 Å². The maximum Gasteiger partial charge on any atom is 0.235 e. The lowest BCUT2D eigenvalue weighted by molar-refractivity contribution is -0.114. The van der Waals surface area contributed by atoms with Crippen molar-refractivity contribution in [2.24, 2.45) is 5.92 Å². The lowest BCUT2D eigenvalue weighted by Crippen LogP contribution is -2.14. The Morgan fingerprint density at radius 1 is 1.30 bits per heavy atom. The fourth-order valence-electron chi connectivity index (χ4n) is 3.11. The molecule has 1 heterocycles. The van der Waals surface area contributed by atoms with E-state index in [0.717, 1.165) is 35.4 Å². The third-order valence-electron chi connectivity index (χ3n) is 4.42. The number of benzene rings is 1. The molecule has 0 saturated carbocycles. The molecule has 140 valence electrons. The second kappa shape index (κ2) is 8.59. The van der Waals surface area contributed by atoms with Crippen LogP contribution in [0.3, 0.4) is 0 Å². The first-order valence-electron chi connectivity index (χ1n) is 8.81. The van der Waals surface area contributed by atoms with Gasteiger partial charge < -0.3 is 10.6 Å². The van der Waals surface area contributed by atoms with Crippen molar-refractivity contribution in [3.63, 3.8) is 0 Å². The molecule has 1 aliphatic carbocycles. The monoisotopic (exact) mass is 399 g/mol. The third-order valence-corrected chi connectivity index (χ3v) is 6.60. The summed E-state index contributed by atoms with van der Waals surface area (Å²) in [6.07, 6.45) is 3.00. The highest BCUT2D eigenvalue weighted by Gasteiger charge is 2.24. The van der Waals surface area contributed by atoms with Crippen molar-refractivity contribution in [3.05, 3.63) is 40.3 Å². The molecule has 0 fully saturated rings. The molecule has 7 heteroatoms. The first-order chi connectivity index (χ1) is 13.0. The van der Waals surface area contributed by atoms with E-state index < -0.39 is 0 Å². The number of rotatable bonds is 5. The zero-order valence-electron chi connectivity index (χ0n) is 15.3. The summed E-state index contributed by atoms with van der Waals surface area (Å²) in [5.74, 6) is 0.663. The molecule has 0 bridgehead atoms. The van der Waals surface area contributed by atoms with Crippen molar-refractivity contribution in [1.82, 2.24) is 0 Å². The van der Waals surface area contributed by atoms with Crippen LogP contribution in [0.15, 0.2) is 29.2 Å². The van der Waals surface area contributed by atoms with E-state index in [9.17, 15) is 14.9 Å². The van der Waals surface area contributed by atoms with E-state index in [-0.39, 0.29) is 17.6 Å². The highest BCUT2D eigenvalue weighted by atomic mass is 32.2. The summed E-state index contributed by atoms with van der Waals surface area (Å²) in [4.78, 5) is 25.6. The summed E-state index contributed by atoms with van der Waals surface area (Å²) in [6, 6.07) is 9.63. The van der Waals surface area contributed by atoms with Gasteiger partial charge >= 0.3 is 0 Å². The second-order valence-electron chi connectivity index (χ2n) is 6.71. The van der Waals surface area contributed by atoms with Crippen LogP contribution >= 0.6 is 23.1 Å². The number of nitrogens with zero attached hydrogens (tertiary/aromatic N) is 1. The number of nitriles is 1. The first kappa shape index (κ1) is 19.5. The molecule has 5 nitrogen and oxygen atoms in total. The smallest absolute Gasteiger partial charge is 0.235 e. The molecule has 1 aromatic carbocycles. The van der Waals surface area contributed by atoms with Crippen LogP contribution in [0.25, 0.3) is 0 Å². The number of carbonyl (C=O) groups is 2. The van der Waals surface area contributed by atoms with E-state index in [4.69, 9.17) is 0 Å². The maximum absolute atomic E-state index is 12.4. The van der Waals surface area contributed by atoms with Gasteiger partial charge in [-0.15, -0.1) is 23.1 Å². The number of hydrogen-bond donors (Lipinski definition) is 2. The van der Waals surface area contributed by atoms with Crippen LogP contribution in [-0.2, 0) is 22.4 Å². The number of amides is 2. The quantitative estimate of drug-likeness (QED) is 0.729. The van der Waals surface area contributed by atoms with Crippen LogP contribution in [0, 0.1) is 17.2 Å². The van der Waals surface area contributed by atoms with Crippen molar-refractivity contribution in [2.45, 2.75) is 38.0 Å². The Kier molecular flexibility index (Phi) is 6.19. The van der Waals surface area contributed by atoms with E-state index in [1.807, 2.05) is 24.3 Å². The minimum absolute atomic E-state index is 0.115. The number of fused-ring (bicyclic) bond motifs is 1. The number of nitrogens with one attached hydrogen (secondary N) is 2. The lowest BCUT2D eigenvalue weighted by Gasteiger charge is -2.17. The van der Waals surface area contributed by atoms with E-state index in [2.05, 4.69) is 23.6 Å². The normalized spacial score (nSPS) is 15.5. The highest BCUT2D eigenvalue weighted by molar-refractivity contribution is 8.00. The van der Waals surface area contributed by atoms with Gasteiger partial charge in [-0.3, -0.25) is 9.59 Å². The molecule has 2 aromatic rings. The molecule has 2 N–H and O–H groups in total. The maximum atomic E-state index is 12.4. The standard InChI is InChI=1S/C20H21N3O2S2/c1-12-3-8-16-17(10-21)20(27-18(16)9-12)23-19(25)11-26-15-6-4-14(5-7-15)22-13(2)24/h4-7,12H,3,8-9,11H2,1-2H3,(H,22,24)(H,23,25)/t12-/m1/s1. The Labute approximate surface area is 167 Å². The summed E-state index contributed by atoms with van der Waals surface area (Å²) in [6.45, 7) is 3.69. The van der Waals surface area contributed by atoms with Crippen molar-refractivity contribution >= 4 is 45.6 Å². The van der Waals surface area contributed by atoms with Gasteiger partial charge in [0.25, 0.3) is 0 Å². The van der Waals surface area contributed by atoms with Crippen LogP contribution in [0.1, 0.15) is 36.3 Å². The van der Waals surface area contributed by atoms with E-state index >= 15 is 0 Å². The molecule has 0 radical (unpaired) electrons. The Morgan fingerprint density at radius 3 is 2.70 bits per heavy atom.